The van der Waals surface area contributed by atoms with E-state index in [9.17, 15) is 19.5 Å². The third kappa shape index (κ3) is 4.03. The van der Waals surface area contributed by atoms with E-state index in [1.807, 2.05) is 38.1 Å². The molecule has 1 aliphatic heterocycles. The Morgan fingerprint density at radius 2 is 1.60 bits per heavy atom. The van der Waals surface area contributed by atoms with Gasteiger partial charge in [-0.1, -0.05) is 68.4 Å². The van der Waals surface area contributed by atoms with Crippen LogP contribution in [0.3, 0.4) is 0 Å². The van der Waals surface area contributed by atoms with Gasteiger partial charge < -0.3 is 14.7 Å². The summed E-state index contributed by atoms with van der Waals surface area (Å²) in [7, 11) is 0. The quantitative estimate of drug-likeness (QED) is 0.548. The van der Waals surface area contributed by atoms with Crippen molar-refractivity contribution in [1.29, 1.82) is 0 Å². The molecule has 5 rings (SSSR count). The Labute approximate surface area is 203 Å². The molecule has 0 aromatic heterocycles. The zero-order valence-corrected chi connectivity index (χ0v) is 19.5. The van der Waals surface area contributed by atoms with Crippen molar-refractivity contribution in [2.45, 2.75) is 25.8 Å². The van der Waals surface area contributed by atoms with Crippen LogP contribution in [-0.4, -0.2) is 47.2 Å². The van der Waals surface area contributed by atoms with Gasteiger partial charge in [-0.05, 0) is 40.5 Å². The number of ether oxygens (including phenoxy) is 1. The molecule has 7 nitrogen and oxygen atoms in total. The van der Waals surface area contributed by atoms with E-state index in [2.05, 4.69) is 29.6 Å². The molecule has 0 radical (unpaired) electrons. The van der Waals surface area contributed by atoms with Crippen molar-refractivity contribution in [1.82, 2.24) is 4.90 Å². The zero-order valence-electron chi connectivity index (χ0n) is 19.5. The van der Waals surface area contributed by atoms with Crippen LogP contribution >= 0.6 is 0 Å². The Balaban J connectivity index is 1.25. The van der Waals surface area contributed by atoms with E-state index < -0.39 is 23.5 Å². The minimum Gasteiger partial charge on any atom is -0.480 e. The SMILES string of the molecule is CC1(C)CN(C(=O)c2cccc(NC(=O)OCC3c4ccccc4-c4ccccc43)c2)C1C(=O)O. The number of aliphatic carboxylic acids is 1. The highest BCUT2D eigenvalue weighted by molar-refractivity contribution is 5.99. The minimum atomic E-state index is -1.03. The van der Waals surface area contributed by atoms with Gasteiger partial charge in [-0.15, -0.1) is 0 Å². The summed E-state index contributed by atoms with van der Waals surface area (Å²) in [5.41, 5.74) is 4.77. The van der Waals surface area contributed by atoms with Crippen molar-refractivity contribution < 1.29 is 24.2 Å². The molecular weight excluding hydrogens is 444 g/mol. The molecule has 7 heteroatoms. The second-order valence-corrected chi connectivity index (χ2v) is 9.69. The smallest absolute Gasteiger partial charge is 0.411 e. The number of carbonyl (C=O) groups excluding carboxylic acids is 2. The van der Waals surface area contributed by atoms with Gasteiger partial charge in [0.15, 0.2) is 0 Å². The zero-order chi connectivity index (χ0) is 24.7. The number of fused-ring (bicyclic) bond motifs is 3. The molecular formula is C28H26N2O5. The largest absolute Gasteiger partial charge is 0.480 e. The van der Waals surface area contributed by atoms with E-state index in [0.717, 1.165) is 22.3 Å². The Morgan fingerprint density at radius 1 is 0.971 bits per heavy atom. The summed E-state index contributed by atoms with van der Waals surface area (Å²) >= 11 is 0. The van der Waals surface area contributed by atoms with Crippen LogP contribution < -0.4 is 5.32 Å². The van der Waals surface area contributed by atoms with Gasteiger partial charge in [-0.3, -0.25) is 10.1 Å². The van der Waals surface area contributed by atoms with Gasteiger partial charge in [0.1, 0.15) is 12.6 Å². The lowest BCUT2D eigenvalue weighted by Crippen LogP contribution is -2.67. The molecule has 1 fully saturated rings. The molecule has 2 aliphatic rings. The highest BCUT2D eigenvalue weighted by Gasteiger charge is 2.52. The van der Waals surface area contributed by atoms with Crippen LogP contribution in [0.15, 0.2) is 72.8 Å². The lowest BCUT2D eigenvalue weighted by molar-refractivity contribution is -0.156. The molecule has 178 valence electrons. The van der Waals surface area contributed by atoms with E-state index >= 15 is 0 Å². The number of hydrogen-bond donors (Lipinski definition) is 2. The standard InChI is InChI=1S/C28H26N2O5/c1-28(2)16-30(24(28)26(32)33)25(31)17-8-7-9-18(14-17)29-27(34)35-15-23-21-12-5-3-10-19(21)20-11-4-6-13-22(20)23/h3-14,23-24H,15-16H2,1-2H3,(H,29,34)(H,32,33). The number of rotatable bonds is 5. The number of carbonyl (C=O) groups is 3. The normalized spacial score (nSPS) is 17.7. The second kappa shape index (κ2) is 8.58. The van der Waals surface area contributed by atoms with Crippen molar-refractivity contribution >= 4 is 23.7 Å². The molecule has 1 unspecified atom stereocenters. The number of likely N-dealkylation sites (tertiary alicyclic amines) is 1. The summed E-state index contributed by atoms with van der Waals surface area (Å²) in [6.45, 7) is 4.18. The molecule has 2 amide bonds. The summed E-state index contributed by atoms with van der Waals surface area (Å²) in [4.78, 5) is 38.5. The summed E-state index contributed by atoms with van der Waals surface area (Å²) in [6, 6.07) is 21.8. The van der Waals surface area contributed by atoms with E-state index in [4.69, 9.17) is 4.74 Å². The molecule has 3 aromatic rings. The summed E-state index contributed by atoms with van der Waals surface area (Å²) < 4.78 is 5.58. The Bertz CT molecular complexity index is 1290. The molecule has 1 saturated heterocycles. The van der Waals surface area contributed by atoms with Gasteiger partial charge in [0.25, 0.3) is 5.91 Å². The van der Waals surface area contributed by atoms with Crippen LogP contribution in [0.25, 0.3) is 11.1 Å². The fourth-order valence-corrected chi connectivity index (χ4v) is 5.23. The van der Waals surface area contributed by atoms with Gasteiger partial charge >= 0.3 is 12.1 Å². The van der Waals surface area contributed by atoms with Gasteiger partial charge in [-0.25, -0.2) is 9.59 Å². The first-order chi connectivity index (χ1) is 16.8. The van der Waals surface area contributed by atoms with Crippen molar-refractivity contribution in [3.63, 3.8) is 0 Å². The van der Waals surface area contributed by atoms with Gasteiger partial charge in [-0.2, -0.15) is 0 Å². The highest BCUT2D eigenvalue weighted by Crippen LogP contribution is 2.44. The summed E-state index contributed by atoms with van der Waals surface area (Å²) in [6.07, 6.45) is -0.620. The van der Waals surface area contributed by atoms with Gasteiger partial charge in [0.2, 0.25) is 0 Å². The monoisotopic (exact) mass is 470 g/mol. The van der Waals surface area contributed by atoms with Crippen molar-refractivity contribution in [3.05, 3.63) is 89.5 Å². The summed E-state index contributed by atoms with van der Waals surface area (Å²) in [5.74, 6) is -1.46. The number of nitrogens with one attached hydrogen (secondary N) is 1. The first-order valence-corrected chi connectivity index (χ1v) is 11.5. The number of carboxylic acids is 1. The van der Waals surface area contributed by atoms with E-state index in [0.29, 0.717) is 17.8 Å². The van der Waals surface area contributed by atoms with Crippen LogP contribution in [-0.2, 0) is 9.53 Å². The Hall–Kier alpha value is -4.13. The predicted molar refractivity (Wildman–Crippen MR) is 131 cm³/mol. The van der Waals surface area contributed by atoms with Crippen LogP contribution in [0.1, 0.15) is 41.3 Å². The molecule has 35 heavy (non-hydrogen) atoms. The topological polar surface area (TPSA) is 95.9 Å². The first kappa shape index (κ1) is 22.7. The van der Waals surface area contributed by atoms with Crippen molar-refractivity contribution in [2.24, 2.45) is 5.41 Å². The predicted octanol–water partition coefficient (Wildman–Crippen LogP) is 4.98. The average Bonchev–Trinajstić information content (AvgIpc) is 3.14. The van der Waals surface area contributed by atoms with E-state index in [1.165, 1.54) is 11.0 Å². The molecule has 1 heterocycles. The number of nitrogens with zero attached hydrogens (tertiary/aromatic N) is 1. The Morgan fingerprint density at radius 3 is 2.20 bits per heavy atom. The maximum absolute atomic E-state index is 12.9. The maximum Gasteiger partial charge on any atom is 0.411 e. The lowest BCUT2D eigenvalue weighted by Gasteiger charge is -2.51. The number of hydrogen-bond acceptors (Lipinski definition) is 4. The highest BCUT2D eigenvalue weighted by atomic mass is 16.5. The molecule has 2 N–H and O–H groups in total. The van der Waals surface area contributed by atoms with Gasteiger partial charge in [0.05, 0.1) is 0 Å². The maximum atomic E-state index is 12.9. The van der Waals surface area contributed by atoms with Crippen LogP contribution in [0, 0.1) is 5.41 Å². The summed E-state index contributed by atoms with van der Waals surface area (Å²) in [5, 5.41) is 12.2. The van der Waals surface area contributed by atoms with Crippen LogP contribution in [0.5, 0.6) is 0 Å². The molecule has 0 spiro atoms. The van der Waals surface area contributed by atoms with Crippen molar-refractivity contribution in [3.8, 4) is 11.1 Å². The average molecular weight is 471 g/mol. The molecule has 1 aliphatic carbocycles. The molecule has 0 bridgehead atoms. The second-order valence-electron chi connectivity index (χ2n) is 9.69. The molecule has 0 saturated carbocycles. The lowest BCUT2D eigenvalue weighted by atomic mass is 9.74. The minimum absolute atomic E-state index is 0.0521. The number of amides is 2. The van der Waals surface area contributed by atoms with Crippen molar-refractivity contribution in [2.75, 3.05) is 18.5 Å². The number of carboxylic acid groups (broad SMARTS) is 1. The number of benzene rings is 3. The fourth-order valence-electron chi connectivity index (χ4n) is 5.23. The molecule has 1 atom stereocenters. The third-order valence-corrected chi connectivity index (χ3v) is 6.82. The third-order valence-electron chi connectivity index (χ3n) is 6.82. The molecule has 3 aromatic carbocycles. The van der Waals surface area contributed by atoms with Crippen LogP contribution in [0.2, 0.25) is 0 Å². The van der Waals surface area contributed by atoms with E-state index in [1.54, 1.807) is 18.2 Å². The van der Waals surface area contributed by atoms with E-state index in [-0.39, 0.29) is 18.4 Å². The Kier molecular flexibility index (Phi) is 5.55. The van der Waals surface area contributed by atoms with Crippen LogP contribution in [0.4, 0.5) is 10.5 Å². The van der Waals surface area contributed by atoms with Gasteiger partial charge in [0, 0.05) is 29.1 Å². The number of anilines is 1. The first-order valence-electron chi connectivity index (χ1n) is 11.5. The fraction of sp³-hybridized carbons (Fsp3) is 0.250.